The van der Waals surface area contributed by atoms with Gasteiger partial charge in [0.15, 0.2) is 12.4 Å². The first-order chi connectivity index (χ1) is 15.7. The average Bonchev–Trinajstić information content (AvgIpc) is 3.27. The molecule has 6 nitrogen and oxygen atoms in total. The largest absolute Gasteiger partial charge is 0.457 e. The van der Waals surface area contributed by atoms with Crippen molar-refractivity contribution in [2.45, 2.75) is 6.61 Å². The summed E-state index contributed by atoms with van der Waals surface area (Å²) in [5, 5.41) is 3.58. The summed E-state index contributed by atoms with van der Waals surface area (Å²) in [5.41, 5.74) is 4.33. The van der Waals surface area contributed by atoms with Gasteiger partial charge in [-0.05, 0) is 29.3 Å². The van der Waals surface area contributed by atoms with Crippen LogP contribution in [-0.4, -0.2) is 16.1 Å². The summed E-state index contributed by atoms with van der Waals surface area (Å²) in [7, 11) is 0. The number of anilines is 1. The Kier molecular flexibility index (Phi) is 5.32. The summed E-state index contributed by atoms with van der Waals surface area (Å²) in [5.74, 6) is 1.15. The molecule has 0 fully saturated rings. The number of rotatable bonds is 5. The molecule has 0 unspecified atom stereocenters. The molecule has 0 saturated heterocycles. The number of benzene rings is 3. The van der Waals surface area contributed by atoms with Crippen LogP contribution >= 0.6 is 0 Å². The summed E-state index contributed by atoms with van der Waals surface area (Å²) in [6.45, 7) is 0.0180. The lowest BCUT2D eigenvalue weighted by atomic mass is 10.0. The molecular weight excluding hydrogens is 402 g/mol. The van der Waals surface area contributed by atoms with Gasteiger partial charge in [0.2, 0.25) is 0 Å². The van der Waals surface area contributed by atoms with Gasteiger partial charge in [0.05, 0.1) is 18.1 Å². The Labute approximate surface area is 184 Å². The van der Waals surface area contributed by atoms with Gasteiger partial charge in [0.25, 0.3) is 0 Å². The van der Waals surface area contributed by atoms with Crippen molar-refractivity contribution in [2.75, 3.05) is 5.32 Å². The van der Waals surface area contributed by atoms with E-state index in [1.807, 2.05) is 66.7 Å². The number of ether oxygens (including phenoxy) is 1. The van der Waals surface area contributed by atoms with Crippen LogP contribution in [0.1, 0.15) is 5.76 Å². The molecule has 2 heterocycles. The molecule has 0 radical (unpaired) electrons. The molecule has 5 aromatic rings. The summed E-state index contributed by atoms with van der Waals surface area (Å²) in [6, 6.07) is 27.6. The highest BCUT2D eigenvalue weighted by Gasteiger charge is 2.10. The maximum absolute atomic E-state index is 12.2. The van der Waals surface area contributed by atoms with Gasteiger partial charge in [-0.1, -0.05) is 66.7 Å². The fourth-order valence-electron chi connectivity index (χ4n) is 3.40. The van der Waals surface area contributed by atoms with E-state index >= 15 is 0 Å². The van der Waals surface area contributed by atoms with Crippen LogP contribution < -0.4 is 5.32 Å². The average molecular weight is 421 g/mol. The molecule has 6 heteroatoms. The molecular formula is C26H19N3O3. The Balaban J connectivity index is 1.21. The molecule has 0 aliphatic rings. The molecule has 5 rings (SSSR count). The Morgan fingerprint density at radius 2 is 1.50 bits per heavy atom. The number of hydrogen-bond donors (Lipinski definition) is 1. The van der Waals surface area contributed by atoms with Crippen LogP contribution in [0.4, 0.5) is 10.5 Å². The molecule has 0 bridgehead atoms. The number of amides is 1. The van der Waals surface area contributed by atoms with E-state index in [1.54, 1.807) is 12.4 Å². The molecule has 0 atom stereocenters. The minimum Gasteiger partial charge on any atom is -0.457 e. The quantitative estimate of drug-likeness (QED) is 0.360. The van der Waals surface area contributed by atoms with Gasteiger partial charge in [-0.2, -0.15) is 0 Å². The van der Waals surface area contributed by atoms with Crippen molar-refractivity contribution in [3.05, 3.63) is 103 Å². The van der Waals surface area contributed by atoms with Crippen molar-refractivity contribution < 1.29 is 13.9 Å². The summed E-state index contributed by atoms with van der Waals surface area (Å²) in [4.78, 5) is 20.7. The number of nitrogens with one attached hydrogen (secondary N) is 1. The summed E-state index contributed by atoms with van der Waals surface area (Å²) < 4.78 is 11.1. The number of carbonyl (C=O) groups is 1. The first-order valence-electron chi connectivity index (χ1n) is 10.1. The number of carbonyl (C=O) groups excluding carboxylic acids is 1. The zero-order chi connectivity index (χ0) is 21.8. The van der Waals surface area contributed by atoms with Crippen LogP contribution in [0.5, 0.6) is 0 Å². The van der Waals surface area contributed by atoms with E-state index in [1.165, 1.54) is 0 Å². The number of aromatic nitrogens is 2. The van der Waals surface area contributed by atoms with Gasteiger partial charge in [0, 0.05) is 10.9 Å². The predicted octanol–water partition coefficient (Wildman–Crippen LogP) is 6.31. The van der Waals surface area contributed by atoms with E-state index in [0.717, 1.165) is 27.7 Å². The van der Waals surface area contributed by atoms with Crippen molar-refractivity contribution in [2.24, 2.45) is 0 Å². The molecule has 0 aliphatic heterocycles. The van der Waals surface area contributed by atoms with Crippen LogP contribution in [-0.2, 0) is 11.3 Å². The molecule has 0 aliphatic carbocycles. The molecule has 0 spiro atoms. The molecule has 1 amide bonds. The second-order valence-corrected chi connectivity index (χ2v) is 7.19. The first-order valence-corrected chi connectivity index (χ1v) is 10.1. The third-order valence-corrected chi connectivity index (χ3v) is 4.95. The van der Waals surface area contributed by atoms with Crippen LogP contribution in [0.15, 0.2) is 102 Å². The summed E-state index contributed by atoms with van der Waals surface area (Å²) in [6.07, 6.45) is 2.48. The van der Waals surface area contributed by atoms with Crippen molar-refractivity contribution >= 4 is 22.7 Å². The molecule has 156 valence electrons. The topological polar surface area (TPSA) is 77.2 Å². The molecule has 3 aromatic carbocycles. The fourth-order valence-corrected chi connectivity index (χ4v) is 3.40. The Hall–Kier alpha value is -4.45. The fraction of sp³-hybridized carbons (Fsp3) is 0.0385. The third-order valence-electron chi connectivity index (χ3n) is 4.95. The molecule has 0 saturated carbocycles. The monoisotopic (exact) mass is 421 g/mol. The zero-order valence-corrected chi connectivity index (χ0v) is 17.1. The van der Waals surface area contributed by atoms with Gasteiger partial charge in [-0.15, -0.1) is 0 Å². The van der Waals surface area contributed by atoms with Gasteiger partial charge < -0.3 is 9.15 Å². The van der Waals surface area contributed by atoms with Crippen LogP contribution in [0.3, 0.4) is 0 Å². The van der Waals surface area contributed by atoms with E-state index in [9.17, 15) is 4.79 Å². The SMILES string of the molecule is O=C(Nc1cnc(-c2ccccc2)nc1)OCc1cc2cc(-c3ccccc3)ccc2o1. The van der Waals surface area contributed by atoms with Crippen molar-refractivity contribution in [3.8, 4) is 22.5 Å². The lowest BCUT2D eigenvalue weighted by molar-refractivity contribution is 0.147. The molecule has 1 N–H and O–H groups in total. The number of furan rings is 1. The van der Waals surface area contributed by atoms with Gasteiger partial charge >= 0.3 is 6.09 Å². The first kappa shape index (κ1) is 19.5. The zero-order valence-electron chi connectivity index (χ0n) is 17.1. The number of fused-ring (bicyclic) bond motifs is 1. The lowest BCUT2D eigenvalue weighted by Crippen LogP contribution is -2.13. The smallest absolute Gasteiger partial charge is 0.412 e. The number of hydrogen-bond acceptors (Lipinski definition) is 5. The predicted molar refractivity (Wildman–Crippen MR) is 123 cm³/mol. The normalized spacial score (nSPS) is 10.8. The maximum atomic E-state index is 12.2. The highest BCUT2D eigenvalue weighted by atomic mass is 16.6. The van der Waals surface area contributed by atoms with Crippen LogP contribution in [0, 0.1) is 0 Å². The highest BCUT2D eigenvalue weighted by molar-refractivity contribution is 5.85. The van der Waals surface area contributed by atoms with E-state index in [0.29, 0.717) is 17.3 Å². The van der Waals surface area contributed by atoms with E-state index in [-0.39, 0.29) is 6.61 Å². The Bertz CT molecular complexity index is 1350. The Morgan fingerprint density at radius 3 is 2.22 bits per heavy atom. The Morgan fingerprint density at radius 1 is 0.812 bits per heavy atom. The second-order valence-electron chi connectivity index (χ2n) is 7.19. The van der Waals surface area contributed by atoms with Gasteiger partial charge in [-0.25, -0.2) is 14.8 Å². The standard InChI is InChI=1S/C26H19N3O3/c30-26(29-22-15-27-25(28-16-22)19-9-5-2-6-10-19)31-17-23-14-21-13-20(11-12-24(21)32-23)18-7-3-1-4-8-18/h1-16H,17H2,(H,29,30). The maximum Gasteiger partial charge on any atom is 0.412 e. The summed E-state index contributed by atoms with van der Waals surface area (Å²) >= 11 is 0. The second kappa shape index (κ2) is 8.73. The van der Waals surface area contributed by atoms with Crippen molar-refractivity contribution in [1.82, 2.24) is 9.97 Å². The van der Waals surface area contributed by atoms with Crippen molar-refractivity contribution in [1.29, 1.82) is 0 Å². The van der Waals surface area contributed by atoms with E-state index < -0.39 is 6.09 Å². The number of nitrogens with zero attached hydrogens (tertiary/aromatic N) is 2. The minimum absolute atomic E-state index is 0.0180. The van der Waals surface area contributed by atoms with Crippen LogP contribution in [0.25, 0.3) is 33.5 Å². The molecule has 32 heavy (non-hydrogen) atoms. The third kappa shape index (κ3) is 4.34. The minimum atomic E-state index is -0.605. The van der Waals surface area contributed by atoms with Gasteiger partial charge in [-0.3, -0.25) is 5.32 Å². The van der Waals surface area contributed by atoms with Crippen molar-refractivity contribution in [3.63, 3.8) is 0 Å². The lowest BCUT2D eigenvalue weighted by Gasteiger charge is -2.06. The van der Waals surface area contributed by atoms with E-state index in [4.69, 9.17) is 9.15 Å². The van der Waals surface area contributed by atoms with E-state index in [2.05, 4.69) is 33.5 Å². The van der Waals surface area contributed by atoms with Gasteiger partial charge in [0.1, 0.15) is 11.3 Å². The molecule has 2 aromatic heterocycles. The highest BCUT2D eigenvalue weighted by Crippen LogP contribution is 2.27. The van der Waals surface area contributed by atoms with Crippen LogP contribution in [0.2, 0.25) is 0 Å².